The summed E-state index contributed by atoms with van der Waals surface area (Å²) >= 11 is 0. The average Bonchev–Trinajstić information content (AvgIpc) is 3.42. The summed E-state index contributed by atoms with van der Waals surface area (Å²) in [5.74, 6) is 3.44. The number of hydrogen-bond donors (Lipinski definition) is 1. The fraction of sp³-hybridized carbons (Fsp3) is 0.216. The minimum atomic E-state index is -0.333. The van der Waals surface area contributed by atoms with Gasteiger partial charge in [0.25, 0.3) is 0 Å². The topological polar surface area (TPSA) is 76.3 Å². The third kappa shape index (κ3) is 5.02. The van der Waals surface area contributed by atoms with E-state index in [1.54, 1.807) is 14.2 Å². The molecule has 7 rings (SSSR count). The van der Waals surface area contributed by atoms with E-state index in [2.05, 4.69) is 53.5 Å². The lowest BCUT2D eigenvalue weighted by Gasteiger charge is -2.41. The Hall–Kier alpha value is -5.37. The summed E-state index contributed by atoms with van der Waals surface area (Å²) < 4.78 is 13.7. The second kappa shape index (κ2) is 12.0. The van der Waals surface area contributed by atoms with E-state index >= 15 is 0 Å². The summed E-state index contributed by atoms with van der Waals surface area (Å²) in [6, 6.07) is 32.6. The van der Waals surface area contributed by atoms with Crippen LogP contribution in [-0.4, -0.2) is 35.7 Å². The SMILES string of the molecule is CCCCc1ccc(NC2=Nc3ccccc3N3C2=Nc2c(c(C)nn2-c2ccccc2)C3c2cccc(OC)c2OC)cc1. The molecule has 0 bridgehead atoms. The Balaban J connectivity index is 1.45. The van der Waals surface area contributed by atoms with Crippen LogP contribution in [0.2, 0.25) is 0 Å². The van der Waals surface area contributed by atoms with Crippen molar-refractivity contribution in [2.45, 2.75) is 39.2 Å². The summed E-state index contributed by atoms with van der Waals surface area (Å²) in [7, 11) is 3.35. The molecule has 5 aromatic rings. The van der Waals surface area contributed by atoms with E-state index in [9.17, 15) is 0 Å². The van der Waals surface area contributed by atoms with E-state index in [-0.39, 0.29) is 6.04 Å². The lowest BCUT2D eigenvalue weighted by molar-refractivity contribution is 0.350. The van der Waals surface area contributed by atoms with Crippen molar-refractivity contribution in [1.82, 2.24) is 9.78 Å². The standard InChI is InChI=1S/C37H36N6O2/c1-5-6-13-25-20-22-26(23-21-25)38-35-37-40-36-32(24(2)41-43(36)27-14-8-7-9-15-27)33(28-16-12-19-31(44-3)34(28)45-4)42(37)30-18-11-10-17-29(30)39-35/h7-12,14-23,33H,5-6,13H2,1-4H3,(H,38,39). The van der Waals surface area contributed by atoms with Crippen LogP contribution >= 0.6 is 0 Å². The zero-order valence-electron chi connectivity index (χ0n) is 26.0. The molecule has 8 heteroatoms. The first-order valence-electron chi connectivity index (χ1n) is 15.4. The number of benzene rings is 4. The molecule has 3 heterocycles. The molecule has 1 unspecified atom stereocenters. The molecule has 0 amide bonds. The number of unbranched alkanes of at least 4 members (excludes halogenated alkanes) is 1. The predicted octanol–water partition coefficient (Wildman–Crippen LogP) is 8.34. The molecule has 226 valence electrons. The Morgan fingerprint density at radius 1 is 0.822 bits per heavy atom. The van der Waals surface area contributed by atoms with Crippen LogP contribution in [0.3, 0.4) is 0 Å². The number of methoxy groups -OCH3 is 2. The van der Waals surface area contributed by atoms with Gasteiger partial charge in [0.05, 0.1) is 43.0 Å². The number of nitrogens with one attached hydrogen (secondary N) is 1. The van der Waals surface area contributed by atoms with Crippen molar-refractivity contribution in [2.24, 2.45) is 9.98 Å². The van der Waals surface area contributed by atoms with Crippen molar-refractivity contribution in [3.05, 3.63) is 119 Å². The van der Waals surface area contributed by atoms with Crippen LogP contribution in [0.5, 0.6) is 11.5 Å². The van der Waals surface area contributed by atoms with Crippen molar-refractivity contribution < 1.29 is 9.47 Å². The fourth-order valence-electron chi connectivity index (χ4n) is 6.24. The molecular weight excluding hydrogens is 560 g/mol. The zero-order chi connectivity index (χ0) is 30.9. The maximum absolute atomic E-state index is 6.03. The third-order valence-electron chi connectivity index (χ3n) is 8.40. The van der Waals surface area contributed by atoms with Crippen molar-refractivity contribution in [2.75, 3.05) is 24.4 Å². The first-order chi connectivity index (χ1) is 22.1. The first kappa shape index (κ1) is 28.4. The van der Waals surface area contributed by atoms with Gasteiger partial charge in [-0.25, -0.2) is 14.7 Å². The van der Waals surface area contributed by atoms with E-state index in [0.29, 0.717) is 23.2 Å². The Labute approximate surface area is 263 Å². The van der Waals surface area contributed by atoms with Gasteiger partial charge in [-0.3, -0.25) is 0 Å². The molecule has 0 aliphatic carbocycles. The van der Waals surface area contributed by atoms with Crippen LogP contribution in [-0.2, 0) is 6.42 Å². The lowest BCUT2D eigenvalue weighted by atomic mass is 9.92. The number of para-hydroxylation sites is 4. The van der Waals surface area contributed by atoms with Gasteiger partial charge in [0.2, 0.25) is 0 Å². The van der Waals surface area contributed by atoms with E-state index in [0.717, 1.165) is 51.8 Å². The van der Waals surface area contributed by atoms with Gasteiger partial charge in [0.1, 0.15) is 0 Å². The van der Waals surface area contributed by atoms with Gasteiger partial charge in [0.15, 0.2) is 29.0 Å². The number of ether oxygens (including phenoxy) is 2. The van der Waals surface area contributed by atoms with Gasteiger partial charge in [-0.1, -0.05) is 67.9 Å². The van der Waals surface area contributed by atoms with E-state index in [4.69, 9.17) is 24.6 Å². The molecule has 1 N–H and O–H groups in total. The molecular formula is C37H36N6O2. The summed E-state index contributed by atoms with van der Waals surface area (Å²) in [4.78, 5) is 12.7. The minimum Gasteiger partial charge on any atom is -0.493 e. The minimum absolute atomic E-state index is 0.333. The number of rotatable bonds is 8. The van der Waals surface area contributed by atoms with Gasteiger partial charge in [0, 0.05) is 16.8 Å². The van der Waals surface area contributed by atoms with Crippen molar-refractivity contribution >= 4 is 34.6 Å². The summed E-state index contributed by atoms with van der Waals surface area (Å²) in [5, 5.41) is 8.66. The van der Waals surface area contributed by atoms with E-state index in [1.165, 1.54) is 18.4 Å². The smallest absolute Gasteiger partial charge is 0.179 e. The quantitative estimate of drug-likeness (QED) is 0.195. The monoisotopic (exact) mass is 596 g/mol. The largest absolute Gasteiger partial charge is 0.493 e. The maximum Gasteiger partial charge on any atom is 0.179 e. The Bertz CT molecular complexity index is 1910. The first-order valence-corrected chi connectivity index (χ1v) is 15.4. The fourth-order valence-corrected chi connectivity index (χ4v) is 6.24. The van der Waals surface area contributed by atoms with Gasteiger partial charge in [-0.05, 0) is 67.8 Å². The molecule has 0 radical (unpaired) electrons. The molecule has 1 atom stereocenters. The number of hydrogen-bond acceptors (Lipinski definition) is 7. The molecule has 0 saturated heterocycles. The second-order valence-corrected chi connectivity index (χ2v) is 11.2. The molecule has 8 nitrogen and oxygen atoms in total. The van der Waals surface area contributed by atoms with Gasteiger partial charge < -0.3 is 19.7 Å². The predicted molar refractivity (Wildman–Crippen MR) is 181 cm³/mol. The normalized spacial score (nSPS) is 14.9. The zero-order valence-corrected chi connectivity index (χ0v) is 26.0. The second-order valence-electron chi connectivity index (χ2n) is 11.2. The average molecular weight is 597 g/mol. The highest BCUT2D eigenvalue weighted by Gasteiger charge is 2.43. The molecule has 0 fully saturated rings. The van der Waals surface area contributed by atoms with Gasteiger partial charge in [-0.15, -0.1) is 0 Å². The number of aromatic nitrogens is 2. The van der Waals surface area contributed by atoms with Crippen LogP contribution in [0.4, 0.5) is 22.9 Å². The molecule has 0 saturated carbocycles. The third-order valence-corrected chi connectivity index (χ3v) is 8.40. The van der Waals surface area contributed by atoms with Gasteiger partial charge >= 0.3 is 0 Å². The van der Waals surface area contributed by atoms with E-state index in [1.807, 2.05) is 72.3 Å². The van der Waals surface area contributed by atoms with Crippen LogP contribution in [0.15, 0.2) is 107 Å². The highest BCUT2D eigenvalue weighted by Crippen LogP contribution is 2.51. The molecule has 2 aliphatic heterocycles. The molecule has 45 heavy (non-hydrogen) atoms. The molecule has 4 aromatic carbocycles. The lowest BCUT2D eigenvalue weighted by Crippen LogP contribution is -2.46. The Morgan fingerprint density at radius 3 is 2.36 bits per heavy atom. The molecule has 0 spiro atoms. The van der Waals surface area contributed by atoms with Crippen LogP contribution in [0, 0.1) is 6.92 Å². The van der Waals surface area contributed by atoms with Crippen molar-refractivity contribution in [1.29, 1.82) is 0 Å². The highest BCUT2D eigenvalue weighted by atomic mass is 16.5. The maximum atomic E-state index is 6.03. The Kier molecular flexibility index (Phi) is 7.55. The number of aliphatic imine (C=N–C) groups is 2. The van der Waals surface area contributed by atoms with Crippen LogP contribution in [0.25, 0.3) is 5.69 Å². The summed E-state index contributed by atoms with van der Waals surface area (Å²) in [5.41, 5.74) is 7.82. The summed E-state index contributed by atoms with van der Waals surface area (Å²) in [6.07, 6.45) is 3.42. The number of amidine groups is 2. The van der Waals surface area contributed by atoms with Crippen molar-refractivity contribution in [3.8, 4) is 17.2 Å². The molecule has 1 aromatic heterocycles. The number of fused-ring (bicyclic) bond motifs is 4. The number of aryl methyl sites for hydroxylation is 2. The number of anilines is 2. The Morgan fingerprint density at radius 2 is 1.60 bits per heavy atom. The van der Waals surface area contributed by atoms with Crippen molar-refractivity contribution in [3.63, 3.8) is 0 Å². The van der Waals surface area contributed by atoms with Crippen LogP contribution < -0.4 is 19.7 Å². The van der Waals surface area contributed by atoms with Gasteiger partial charge in [-0.2, -0.15) is 5.10 Å². The molecule has 2 aliphatic rings. The number of nitrogens with zero attached hydrogens (tertiary/aromatic N) is 5. The van der Waals surface area contributed by atoms with Crippen LogP contribution in [0.1, 0.15) is 48.2 Å². The van der Waals surface area contributed by atoms with E-state index < -0.39 is 0 Å². The highest BCUT2D eigenvalue weighted by molar-refractivity contribution is 6.51. The summed E-state index contributed by atoms with van der Waals surface area (Å²) in [6.45, 7) is 4.26.